The van der Waals surface area contributed by atoms with Gasteiger partial charge in [-0.15, -0.1) is 0 Å². The number of para-hydroxylation sites is 1. The van der Waals surface area contributed by atoms with Crippen LogP contribution in [0.2, 0.25) is 0 Å². The lowest BCUT2D eigenvalue weighted by Crippen LogP contribution is -2.40. The Morgan fingerprint density at radius 3 is 2.60 bits per heavy atom. The molecule has 1 N–H and O–H groups in total. The maximum absolute atomic E-state index is 13.7. The zero-order valence-corrected chi connectivity index (χ0v) is 16.5. The molecule has 4 rings (SSSR count). The minimum Gasteiger partial charge on any atom is -0.367 e. The average molecular weight is 410 g/mol. The zero-order chi connectivity index (χ0) is 20.8. The summed E-state index contributed by atoms with van der Waals surface area (Å²) in [4.78, 5) is 18.5. The Morgan fingerprint density at radius 1 is 1.10 bits per heavy atom. The van der Waals surface area contributed by atoms with Gasteiger partial charge >= 0.3 is 6.03 Å². The van der Waals surface area contributed by atoms with E-state index in [1.54, 1.807) is 23.1 Å². The number of urea groups is 1. The minimum atomic E-state index is -0.449. The van der Waals surface area contributed by atoms with Crippen molar-refractivity contribution in [3.8, 4) is 0 Å². The molecule has 0 saturated carbocycles. The quantitative estimate of drug-likeness (QED) is 0.654. The second kappa shape index (κ2) is 9.49. The van der Waals surface area contributed by atoms with Gasteiger partial charge < -0.3 is 19.5 Å². The van der Waals surface area contributed by atoms with Gasteiger partial charge in [0, 0.05) is 19.0 Å². The number of amides is 2. The standard InChI is InChI=1S/C22H23FN4O3/c23-18-8-4-5-9-19(18)24-22(28)27-12-10-17(11-13-27)21-25-20(30-26-21)15-29-14-16-6-2-1-3-7-16/h1-9,17H,10-15H2,(H,24,28). The number of ether oxygens (including phenoxy) is 1. The van der Waals surface area contributed by atoms with Crippen molar-refractivity contribution in [2.24, 2.45) is 0 Å². The van der Waals surface area contributed by atoms with E-state index in [9.17, 15) is 9.18 Å². The van der Waals surface area contributed by atoms with Crippen molar-refractivity contribution in [3.63, 3.8) is 0 Å². The van der Waals surface area contributed by atoms with Crippen molar-refractivity contribution in [2.75, 3.05) is 18.4 Å². The molecule has 1 fully saturated rings. The molecule has 2 heterocycles. The fraction of sp³-hybridized carbons (Fsp3) is 0.318. The number of carbonyl (C=O) groups is 1. The monoisotopic (exact) mass is 410 g/mol. The van der Waals surface area contributed by atoms with Crippen LogP contribution in [-0.2, 0) is 18.0 Å². The molecule has 0 unspecified atom stereocenters. The molecule has 1 aromatic heterocycles. The molecule has 0 radical (unpaired) electrons. The van der Waals surface area contributed by atoms with Gasteiger partial charge in [-0.3, -0.25) is 0 Å². The molecule has 1 aliphatic rings. The van der Waals surface area contributed by atoms with Crippen LogP contribution in [0.4, 0.5) is 14.9 Å². The maximum atomic E-state index is 13.7. The molecule has 156 valence electrons. The number of hydrogen-bond donors (Lipinski definition) is 1. The van der Waals surface area contributed by atoms with Crippen molar-refractivity contribution in [3.05, 3.63) is 77.7 Å². The van der Waals surface area contributed by atoms with Crippen LogP contribution in [0.1, 0.15) is 36.0 Å². The number of likely N-dealkylation sites (tertiary alicyclic amines) is 1. The van der Waals surface area contributed by atoms with Crippen molar-refractivity contribution >= 4 is 11.7 Å². The van der Waals surface area contributed by atoms with E-state index in [1.807, 2.05) is 30.3 Å². The molecule has 0 atom stereocenters. The Labute approximate surface area is 173 Å². The van der Waals surface area contributed by atoms with E-state index in [2.05, 4.69) is 15.5 Å². The van der Waals surface area contributed by atoms with Crippen LogP contribution >= 0.6 is 0 Å². The summed E-state index contributed by atoms with van der Waals surface area (Å²) in [5.41, 5.74) is 1.27. The molecule has 0 aliphatic carbocycles. The van der Waals surface area contributed by atoms with E-state index in [-0.39, 0.29) is 24.2 Å². The van der Waals surface area contributed by atoms with Crippen molar-refractivity contribution < 1.29 is 18.4 Å². The molecule has 2 aromatic carbocycles. The Kier molecular flexibility index (Phi) is 6.34. The molecular formula is C22H23FN4O3. The number of halogens is 1. The molecule has 3 aromatic rings. The molecule has 30 heavy (non-hydrogen) atoms. The van der Waals surface area contributed by atoms with Crippen LogP contribution in [0.3, 0.4) is 0 Å². The Balaban J connectivity index is 1.24. The number of nitrogens with one attached hydrogen (secondary N) is 1. The van der Waals surface area contributed by atoms with Gasteiger partial charge in [0.1, 0.15) is 12.4 Å². The number of aromatic nitrogens is 2. The maximum Gasteiger partial charge on any atom is 0.321 e. The minimum absolute atomic E-state index is 0.120. The van der Waals surface area contributed by atoms with E-state index in [0.29, 0.717) is 44.3 Å². The molecule has 0 bridgehead atoms. The lowest BCUT2D eigenvalue weighted by atomic mass is 9.96. The van der Waals surface area contributed by atoms with E-state index in [1.165, 1.54) is 6.07 Å². The molecular weight excluding hydrogens is 387 g/mol. The number of rotatable bonds is 6. The molecule has 7 nitrogen and oxygen atoms in total. The second-order valence-corrected chi connectivity index (χ2v) is 7.20. The first kappa shape index (κ1) is 20.0. The number of anilines is 1. The lowest BCUT2D eigenvalue weighted by Gasteiger charge is -2.30. The third-order valence-electron chi connectivity index (χ3n) is 5.08. The Hall–Kier alpha value is -3.26. The SMILES string of the molecule is O=C(Nc1ccccc1F)N1CCC(c2noc(COCc3ccccc3)n2)CC1. The summed E-state index contributed by atoms with van der Waals surface area (Å²) in [5, 5.41) is 6.70. The van der Waals surface area contributed by atoms with Crippen LogP contribution in [0.25, 0.3) is 0 Å². The smallest absolute Gasteiger partial charge is 0.321 e. The highest BCUT2D eigenvalue weighted by Gasteiger charge is 2.27. The molecule has 0 spiro atoms. The first-order chi connectivity index (χ1) is 14.7. The van der Waals surface area contributed by atoms with Crippen molar-refractivity contribution in [1.82, 2.24) is 15.0 Å². The third-order valence-corrected chi connectivity index (χ3v) is 5.08. The van der Waals surface area contributed by atoms with Gasteiger partial charge in [0.15, 0.2) is 5.82 Å². The van der Waals surface area contributed by atoms with E-state index in [4.69, 9.17) is 9.26 Å². The van der Waals surface area contributed by atoms with Crippen LogP contribution in [0.5, 0.6) is 0 Å². The third kappa shape index (κ3) is 5.01. The van der Waals surface area contributed by atoms with Crippen LogP contribution in [0.15, 0.2) is 59.1 Å². The largest absolute Gasteiger partial charge is 0.367 e. The zero-order valence-electron chi connectivity index (χ0n) is 16.5. The molecule has 8 heteroatoms. The first-order valence-electron chi connectivity index (χ1n) is 9.93. The highest BCUT2D eigenvalue weighted by atomic mass is 19.1. The van der Waals surface area contributed by atoms with Gasteiger partial charge in [-0.25, -0.2) is 9.18 Å². The van der Waals surface area contributed by atoms with Crippen molar-refractivity contribution in [2.45, 2.75) is 32.0 Å². The summed E-state index contributed by atoms with van der Waals surface area (Å²) in [6, 6.07) is 15.7. The number of piperidine rings is 1. The van der Waals surface area contributed by atoms with Crippen LogP contribution < -0.4 is 5.32 Å². The Morgan fingerprint density at radius 2 is 1.83 bits per heavy atom. The van der Waals surface area contributed by atoms with E-state index in [0.717, 1.165) is 5.56 Å². The van der Waals surface area contributed by atoms with E-state index >= 15 is 0 Å². The Bertz CT molecular complexity index is 971. The van der Waals surface area contributed by atoms with Crippen LogP contribution in [-0.4, -0.2) is 34.2 Å². The van der Waals surface area contributed by atoms with Gasteiger partial charge in [0.2, 0.25) is 0 Å². The summed E-state index contributed by atoms with van der Waals surface area (Å²) in [5.74, 6) is 0.756. The van der Waals surface area contributed by atoms with E-state index < -0.39 is 5.82 Å². The van der Waals surface area contributed by atoms with Crippen molar-refractivity contribution in [1.29, 1.82) is 0 Å². The summed E-state index contributed by atoms with van der Waals surface area (Å²) < 4.78 is 24.7. The molecule has 2 amide bonds. The molecule has 1 aliphatic heterocycles. The fourth-order valence-corrected chi connectivity index (χ4v) is 3.42. The molecule has 1 saturated heterocycles. The van der Waals surface area contributed by atoms with Gasteiger partial charge in [-0.2, -0.15) is 4.98 Å². The van der Waals surface area contributed by atoms with Gasteiger partial charge in [0.05, 0.1) is 12.3 Å². The first-order valence-corrected chi connectivity index (χ1v) is 9.93. The summed E-state index contributed by atoms with van der Waals surface area (Å²) in [7, 11) is 0. The predicted octanol–water partition coefficient (Wildman–Crippen LogP) is 4.34. The number of hydrogen-bond acceptors (Lipinski definition) is 5. The number of carbonyl (C=O) groups excluding carboxylic acids is 1. The topological polar surface area (TPSA) is 80.5 Å². The summed E-state index contributed by atoms with van der Waals surface area (Å²) >= 11 is 0. The van der Waals surface area contributed by atoms with Crippen LogP contribution in [0, 0.1) is 5.82 Å². The van der Waals surface area contributed by atoms with Gasteiger partial charge in [-0.05, 0) is 30.5 Å². The summed E-state index contributed by atoms with van der Waals surface area (Å²) in [6.07, 6.45) is 1.43. The number of benzene rings is 2. The normalized spacial score (nSPS) is 14.6. The average Bonchev–Trinajstić information content (AvgIpc) is 3.25. The highest BCUT2D eigenvalue weighted by molar-refractivity contribution is 5.89. The lowest BCUT2D eigenvalue weighted by molar-refractivity contribution is 0.0850. The second-order valence-electron chi connectivity index (χ2n) is 7.20. The highest BCUT2D eigenvalue weighted by Crippen LogP contribution is 2.26. The fourth-order valence-electron chi connectivity index (χ4n) is 3.42. The van der Waals surface area contributed by atoms with Gasteiger partial charge in [0.25, 0.3) is 5.89 Å². The predicted molar refractivity (Wildman–Crippen MR) is 108 cm³/mol. The summed E-state index contributed by atoms with van der Waals surface area (Å²) in [6.45, 7) is 1.82. The number of nitrogens with zero attached hydrogens (tertiary/aromatic N) is 3. The van der Waals surface area contributed by atoms with Gasteiger partial charge in [-0.1, -0.05) is 47.6 Å².